The van der Waals surface area contributed by atoms with E-state index < -0.39 is 6.29 Å². The molecule has 0 aliphatic rings. The maximum Gasteiger partial charge on any atom is 0.218 e. The number of carbonyl (C=O) groups excluding carboxylic acids is 2. The first-order valence-electron chi connectivity index (χ1n) is 5.87. The maximum atomic E-state index is 11.9. The highest BCUT2D eigenvalue weighted by Crippen LogP contribution is 2.06. The Morgan fingerprint density at radius 3 is 2.39 bits per heavy atom. The first kappa shape index (κ1) is 14.5. The van der Waals surface area contributed by atoms with Crippen LogP contribution in [0.25, 0.3) is 0 Å². The lowest BCUT2D eigenvalue weighted by atomic mass is 10.1. The Morgan fingerprint density at radius 1 is 1.33 bits per heavy atom. The van der Waals surface area contributed by atoms with Crippen molar-refractivity contribution in [2.45, 2.75) is 26.6 Å². The molecular weight excluding hydrogens is 236 g/mol. The van der Waals surface area contributed by atoms with E-state index in [2.05, 4.69) is 5.10 Å². The molecule has 1 aromatic heterocycles. The van der Waals surface area contributed by atoms with Crippen molar-refractivity contribution in [1.82, 2.24) is 9.78 Å². The van der Waals surface area contributed by atoms with Crippen molar-refractivity contribution in [2.75, 3.05) is 13.2 Å². The van der Waals surface area contributed by atoms with Crippen LogP contribution in [0.15, 0.2) is 12.3 Å². The second-order valence-corrected chi connectivity index (χ2v) is 3.65. The maximum absolute atomic E-state index is 11.9. The molecule has 0 amide bonds. The lowest BCUT2D eigenvalue weighted by Gasteiger charge is -2.14. The summed E-state index contributed by atoms with van der Waals surface area (Å²) < 4.78 is 11.7. The number of hydrogen-bond donors (Lipinski definition) is 0. The van der Waals surface area contributed by atoms with Gasteiger partial charge in [-0.3, -0.25) is 14.3 Å². The fourth-order valence-corrected chi connectivity index (χ4v) is 1.52. The molecule has 100 valence electrons. The molecule has 18 heavy (non-hydrogen) atoms. The van der Waals surface area contributed by atoms with Crippen LogP contribution in [0.3, 0.4) is 0 Å². The zero-order valence-electron chi connectivity index (χ0n) is 10.9. The number of aryl methyl sites for hydroxylation is 1. The fourth-order valence-electron chi connectivity index (χ4n) is 1.52. The summed E-state index contributed by atoms with van der Waals surface area (Å²) in [5.74, 6) is -0.658. The van der Waals surface area contributed by atoms with E-state index in [4.69, 9.17) is 9.47 Å². The predicted octanol–water partition coefficient (Wildman–Crippen LogP) is 0.961. The molecule has 0 fully saturated rings. The summed E-state index contributed by atoms with van der Waals surface area (Å²) in [4.78, 5) is 23.7. The van der Waals surface area contributed by atoms with Gasteiger partial charge in [-0.25, -0.2) is 0 Å². The lowest BCUT2D eigenvalue weighted by Crippen LogP contribution is -2.29. The monoisotopic (exact) mass is 254 g/mol. The summed E-state index contributed by atoms with van der Waals surface area (Å²) >= 11 is 0. The smallest absolute Gasteiger partial charge is 0.218 e. The van der Waals surface area contributed by atoms with Gasteiger partial charge in [-0.15, -0.1) is 0 Å². The standard InChI is InChI=1S/C12H18N2O4/c1-4-17-12(18-5-2)11(16)8-10(15)9-6-7-13-14(9)3/h6-7,12H,4-5,8H2,1-3H3. The van der Waals surface area contributed by atoms with Gasteiger partial charge in [0.05, 0.1) is 6.42 Å². The van der Waals surface area contributed by atoms with Crippen molar-refractivity contribution in [2.24, 2.45) is 7.05 Å². The van der Waals surface area contributed by atoms with Crippen LogP contribution < -0.4 is 0 Å². The molecule has 0 saturated heterocycles. The molecular formula is C12H18N2O4. The van der Waals surface area contributed by atoms with Crippen LogP contribution in [-0.4, -0.2) is 40.9 Å². The van der Waals surface area contributed by atoms with E-state index >= 15 is 0 Å². The van der Waals surface area contributed by atoms with E-state index in [1.165, 1.54) is 10.9 Å². The van der Waals surface area contributed by atoms with Gasteiger partial charge in [0, 0.05) is 26.5 Å². The van der Waals surface area contributed by atoms with Crippen LogP contribution in [0.1, 0.15) is 30.8 Å². The minimum absolute atomic E-state index is 0.246. The first-order chi connectivity index (χ1) is 8.60. The van der Waals surface area contributed by atoms with Gasteiger partial charge in [0.15, 0.2) is 11.6 Å². The van der Waals surface area contributed by atoms with Gasteiger partial charge in [-0.05, 0) is 19.9 Å². The Labute approximate surface area is 106 Å². The third-order valence-corrected chi connectivity index (χ3v) is 2.34. The summed E-state index contributed by atoms with van der Waals surface area (Å²) in [6.07, 6.45) is 0.307. The average molecular weight is 254 g/mol. The van der Waals surface area contributed by atoms with Crippen LogP contribution in [0.2, 0.25) is 0 Å². The van der Waals surface area contributed by atoms with Crippen LogP contribution in [0.4, 0.5) is 0 Å². The number of nitrogens with zero attached hydrogens (tertiary/aromatic N) is 2. The topological polar surface area (TPSA) is 70.4 Å². The van der Waals surface area contributed by atoms with Crippen LogP contribution in [0, 0.1) is 0 Å². The number of carbonyl (C=O) groups is 2. The number of ketones is 2. The molecule has 1 aromatic rings. The highest BCUT2D eigenvalue weighted by molar-refractivity contribution is 6.08. The van der Waals surface area contributed by atoms with Gasteiger partial charge >= 0.3 is 0 Å². The normalized spacial score (nSPS) is 10.9. The molecule has 1 rings (SSSR count). The SMILES string of the molecule is CCOC(OCC)C(=O)CC(=O)c1ccnn1C. The second kappa shape index (κ2) is 7.03. The summed E-state index contributed by atoms with van der Waals surface area (Å²) in [6.45, 7) is 4.25. The molecule has 0 aromatic carbocycles. The van der Waals surface area contributed by atoms with Gasteiger partial charge in [-0.1, -0.05) is 0 Å². The van der Waals surface area contributed by atoms with Crippen molar-refractivity contribution < 1.29 is 19.1 Å². The zero-order valence-corrected chi connectivity index (χ0v) is 10.9. The minimum atomic E-state index is -0.961. The highest BCUT2D eigenvalue weighted by Gasteiger charge is 2.23. The van der Waals surface area contributed by atoms with Crippen molar-refractivity contribution >= 4 is 11.6 Å². The van der Waals surface area contributed by atoms with Crippen molar-refractivity contribution in [1.29, 1.82) is 0 Å². The number of aromatic nitrogens is 2. The van der Waals surface area contributed by atoms with Crippen LogP contribution >= 0.6 is 0 Å². The van der Waals surface area contributed by atoms with Gasteiger partial charge in [0.1, 0.15) is 5.69 Å². The van der Waals surface area contributed by atoms with Crippen molar-refractivity contribution in [3.05, 3.63) is 18.0 Å². The number of rotatable bonds is 8. The van der Waals surface area contributed by atoms with Gasteiger partial charge in [0.2, 0.25) is 6.29 Å². The molecule has 0 unspecified atom stereocenters. The molecule has 0 spiro atoms. The van der Waals surface area contributed by atoms with Crippen molar-refractivity contribution in [3.8, 4) is 0 Å². The van der Waals surface area contributed by atoms with E-state index in [0.717, 1.165) is 0 Å². The molecule has 6 nitrogen and oxygen atoms in total. The molecule has 0 aliphatic heterocycles. The van der Waals surface area contributed by atoms with Gasteiger partial charge < -0.3 is 9.47 Å². The lowest BCUT2D eigenvalue weighted by molar-refractivity contribution is -0.166. The van der Waals surface area contributed by atoms with E-state index in [-0.39, 0.29) is 18.0 Å². The Balaban J connectivity index is 2.63. The molecule has 0 atom stereocenters. The predicted molar refractivity (Wildman–Crippen MR) is 64.2 cm³/mol. The summed E-state index contributed by atoms with van der Waals surface area (Å²) in [6, 6.07) is 1.58. The van der Waals surface area contributed by atoms with Crippen LogP contribution in [0.5, 0.6) is 0 Å². The Hall–Kier alpha value is -1.53. The molecule has 6 heteroatoms. The highest BCUT2D eigenvalue weighted by atomic mass is 16.7. The Bertz CT molecular complexity index is 408. The van der Waals surface area contributed by atoms with Gasteiger partial charge in [-0.2, -0.15) is 5.10 Å². The fraction of sp³-hybridized carbons (Fsp3) is 0.583. The third kappa shape index (κ3) is 3.75. The summed E-state index contributed by atoms with van der Waals surface area (Å²) in [5, 5.41) is 3.88. The quantitative estimate of drug-likeness (QED) is 0.392. The minimum Gasteiger partial charge on any atom is -0.346 e. The van der Waals surface area contributed by atoms with E-state index in [1.807, 2.05) is 0 Å². The second-order valence-electron chi connectivity index (χ2n) is 3.65. The number of ether oxygens (including phenoxy) is 2. The molecule has 0 radical (unpaired) electrons. The van der Waals surface area contributed by atoms with E-state index in [1.54, 1.807) is 27.0 Å². The van der Waals surface area contributed by atoms with Gasteiger partial charge in [0.25, 0.3) is 0 Å². The summed E-state index contributed by atoms with van der Waals surface area (Å²) in [5.41, 5.74) is 0.398. The average Bonchev–Trinajstić information content (AvgIpc) is 2.75. The Kier molecular flexibility index (Phi) is 5.67. The number of hydrogen-bond acceptors (Lipinski definition) is 5. The van der Waals surface area contributed by atoms with Crippen LogP contribution in [-0.2, 0) is 21.3 Å². The Morgan fingerprint density at radius 2 is 1.94 bits per heavy atom. The third-order valence-electron chi connectivity index (χ3n) is 2.34. The molecule has 1 heterocycles. The zero-order chi connectivity index (χ0) is 13.5. The van der Waals surface area contributed by atoms with Crippen molar-refractivity contribution in [3.63, 3.8) is 0 Å². The summed E-state index contributed by atoms with van der Waals surface area (Å²) in [7, 11) is 1.65. The van der Waals surface area contributed by atoms with E-state index in [0.29, 0.717) is 18.9 Å². The molecule has 0 aliphatic carbocycles. The first-order valence-corrected chi connectivity index (χ1v) is 5.87. The molecule has 0 N–H and O–H groups in total. The van der Waals surface area contributed by atoms with E-state index in [9.17, 15) is 9.59 Å². The molecule has 0 bridgehead atoms. The number of Topliss-reactive ketones (excluding diaryl/α,β-unsaturated/α-hetero) is 2. The molecule has 0 saturated carbocycles. The largest absolute Gasteiger partial charge is 0.346 e.